The largest absolute Gasteiger partial charge is 0.469 e. The number of carbonyl (C=O) groups is 1. The average Bonchev–Trinajstić information content (AvgIpc) is 2.27. The molecule has 0 bridgehead atoms. The van der Waals surface area contributed by atoms with E-state index in [1.165, 1.54) is 12.7 Å². The number of methoxy groups -OCH3 is 1. The molecule has 4 heteroatoms. The molecule has 0 aromatic heterocycles. The van der Waals surface area contributed by atoms with Crippen LogP contribution in [0.4, 0.5) is 0 Å². The molecule has 90 valence electrons. The van der Waals surface area contributed by atoms with Gasteiger partial charge in [0.1, 0.15) is 0 Å². The number of ether oxygens (including phenoxy) is 1. The van der Waals surface area contributed by atoms with Crippen molar-refractivity contribution in [3.05, 3.63) is 35.9 Å². The van der Waals surface area contributed by atoms with Gasteiger partial charge in [-0.2, -0.15) is 0 Å². The minimum Gasteiger partial charge on any atom is -0.469 e. The summed E-state index contributed by atoms with van der Waals surface area (Å²) in [6.45, 7) is 0. The first kappa shape index (κ1) is 14.9. The lowest BCUT2D eigenvalue weighted by Crippen LogP contribution is -2.25. The van der Waals surface area contributed by atoms with Crippen LogP contribution < -0.4 is 5.73 Å². The molecule has 0 saturated heterocycles. The smallest absolute Gasteiger partial charge is 0.307 e. The number of aryl methyl sites for hydroxylation is 1. The van der Waals surface area contributed by atoms with Crippen LogP contribution in [0.1, 0.15) is 18.4 Å². The molecule has 0 aliphatic rings. The quantitative estimate of drug-likeness (QED) is 0.804. The molecule has 0 aliphatic carbocycles. The predicted molar refractivity (Wildman–Crippen MR) is 66.6 cm³/mol. The van der Waals surface area contributed by atoms with Crippen LogP contribution in [0.3, 0.4) is 0 Å². The van der Waals surface area contributed by atoms with Gasteiger partial charge in [0.05, 0.1) is 13.5 Å². The highest BCUT2D eigenvalue weighted by atomic mass is 35.5. The molecule has 16 heavy (non-hydrogen) atoms. The Morgan fingerprint density at radius 2 is 2.00 bits per heavy atom. The van der Waals surface area contributed by atoms with Gasteiger partial charge < -0.3 is 10.5 Å². The van der Waals surface area contributed by atoms with Gasteiger partial charge in [0, 0.05) is 6.04 Å². The average molecular weight is 244 g/mol. The fraction of sp³-hybridized carbons (Fsp3) is 0.417. The summed E-state index contributed by atoms with van der Waals surface area (Å²) in [6, 6.07) is 9.99. The second-order valence-electron chi connectivity index (χ2n) is 3.56. The van der Waals surface area contributed by atoms with E-state index < -0.39 is 0 Å². The van der Waals surface area contributed by atoms with Crippen LogP contribution in [-0.2, 0) is 16.0 Å². The van der Waals surface area contributed by atoms with Crippen molar-refractivity contribution in [3.63, 3.8) is 0 Å². The van der Waals surface area contributed by atoms with Crippen LogP contribution in [0.2, 0.25) is 0 Å². The van der Waals surface area contributed by atoms with Gasteiger partial charge >= 0.3 is 5.97 Å². The van der Waals surface area contributed by atoms with Crippen LogP contribution in [0, 0.1) is 0 Å². The number of esters is 1. The van der Waals surface area contributed by atoms with Crippen LogP contribution in [0.25, 0.3) is 0 Å². The Hall–Kier alpha value is -1.06. The molecule has 0 heterocycles. The summed E-state index contributed by atoms with van der Waals surface area (Å²) >= 11 is 0. The molecule has 3 nitrogen and oxygen atoms in total. The monoisotopic (exact) mass is 243 g/mol. The number of hydrogen-bond acceptors (Lipinski definition) is 3. The Morgan fingerprint density at radius 1 is 1.38 bits per heavy atom. The lowest BCUT2D eigenvalue weighted by atomic mass is 10.0. The van der Waals surface area contributed by atoms with Crippen molar-refractivity contribution in [2.45, 2.75) is 25.3 Å². The van der Waals surface area contributed by atoms with Gasteiger partial charge in [0.25, 0.3) is 0 Å². The highest BCUT2D eigenvalue weighted by Crippen LogP contribution is 2.06. The zero-order chi connectivity index (χ0) is 11.1. The highest BCUT2D eigenvalue weighted by Gasteiger charge is 2.09. The lowest BCUT2D eigenvalue weighted by molar-refractivity contribution is -0.141. The maximum Gasteiger partial charge on any atom is 0.307 e. The SMILES string of the molecule is COC(=O)C[C@H](N)CCc1ccccc1.Cl. The molecule has 0 aliphatic heterocycles. The molecule has 1 atom stereocenters. The van der Waals surface area contributed by atoms with Gasteiger partial charge in [0.2, 0.25) is 0 Å². The Kier molecular flexibility index (Phi) is 7.60. The van der Waals surface area contributed by atoms with E-state index in [1.54, 1.807) is 0 Å². The number of nitrogens with two attached hydrogens (primary N) is 1. The number of benzene rings is 1. The van der Waals surface area contributed by atoms with Crippen LogP contribution in [0.15, 0.2) is 30.3 Å². The second-order valence-corrected chi connectivity index (χ2v) is 3.56. The number of rotatable bonds is 5. The van der Waals surface area contributed by atoms with Gasteiger partial charge in [-0.25, -0.2) is 0 Å². The first-order valence-electron chi connectivity index (χ1n) is 5.08. The Labute approximate surface area is 102 Å². The zero-order valence-corrected chi connectivity index (χ0v) is 10.2. The first-order chi connectivity index (χ1) is 7.22. The molecule has 2 N–H and O–H groups in total. The summed E-state index contributed by atoms with van der Waals surface area (Å²) in [5, 5.41) is 0. The molecule has 1 aromatic carbocycles. The number of carbonyl (C=O) groups excluding carboxylic acids is 1. The van der Waals surface area contributed by atoms with E-state index in [-0.39, 0.29) is 24.4 Å². The molecule has 0 saturated carbocycles. The van der Waals surface area contributed by atoms with Crippen molar-refractivity contribution < 1.29 is 9.53 Å². The maximum absolute atomic E-state index is 10.9. The van der Waals surface area contributed by atoms with E-state index in [1.807, 2.05) is 18.2 Å². The minimum absolute atomic E-state index is 0. The maximum atomic E-state index is 10.9. The van der Waals surface area contributed by atoms with E-state index in [0.717, 1.165) is 12.8 Å². The summed E-state index contributed by atoms with van der Waals surface area (Å²) in [4.78, 5) is 10.9. The van der Waals surface area contributed by atoms with E-state index in [0.29, 0.717) is 6.42 Å². The van der Waals surface area contributed by atoms with Crippen LogP contribution >= 0.6 is 12.4 Å². The first-order valence-corrected chi connectivity index (χ1v) is 5.08. The van der Waals surface area contributed by atoms with Gasteiger partial charge in [0.15, 0.2) is 0 Å². The van der Waals surface area contributed by atoms with Gasteiger partial charge in [-0.3, -0.25) is 4.79 Å². The number of hydrogen-bond donors (Lipinski definition) is 1. The molecular formula is C12H18ClNO2. The standard InChI is InChI=1S/C12H17NO2.ClH/c1-15-12(14)9-11(13)8-7-10-5-3-2-4-6-10;/h2-6,11H,7-9,13H2,1H3;1H/t11-;/m1./s1. The minimum atomic E-state index is -0.240. The van der Waals surface area contributed by atoms with Gasteiger partial charge in [-0.05, 0) is 18.4 Å². The van der Waals surface area contributed by atoms with Crippen molar-refractivity contribution in [1.82, 2.24) is 0 Å². The van der Waals surface area contributed by atoms with Crippen molar-refractivity contribution in [3.8, 4) is 0 Å². The molecule has 0 spiro atoms. The summed E-state index contributed by atoms with van der Waals surface area (Å²) < 4.78 is 4.55. The summed E-state index contributed by atoms with van der Waals surface area (Å²) in [6.07, 6.45) is 2.00. The van der Waals surface area contributed by atoms with Crippen molar-refractivity contribution >= 4 is 18.4 Å². The normalized spacial score (nSPS) is 11.4. The predicted octanol–water partition coefficient (Wildman–Crippen LogP) is 1.93. The van der Waals surface area contributed by atoms with Crippen LogP contribution in [0.5, 0.6) is 0 Å². The molecular weight excluding hydrogens is 226 g/mol. The Bertz CT molecular complexity index is 303. The third-order valence-electron chi connectivity index (χ3n) is 2.30. The van der Waals surface area contributed by atoms with Crippen molar-refractivity contribution in [1.29, 1.82) is 0 Å². The molecule has 0 fully saturated rings. The molecule has 0 radical (unpaired) electrons. The van der Waals surface area contributed by atoms with Crippen molar-refractivity contribution in [2.24, 2.45) is 5.73 Å². The third kappa shape index (κ3) is 5.73. The molecule has 0 amide bonds. The Balaban J connectivity index is 0.00000225. The summed E-state index contributed by atoms with van der Waals surface area (Å²) in [5.74, 6) is -0.240. The molecule has 1 rings (SSSR count). The second kappa shape index (κ2) is 8.13. The topological polar surface area (TPSA) is 52.3 Å². The lowest BCUT2D eigenvalue weighted by Gasteiger charge is -2.09. The Morgan fingerprint density at radius 3 is 2.56 bits per heavy atom. The van der Waals surface area contributed by atoms with E-state index in [9.17, 15) is 4.79 Å². The van der Waals surface area contributed by atoms with Crippen molar-refractivity contribution in [2.75, 3.05) is 7.11 Å². The zero-order valence-electron chi connectivity index (χ0n) is 9.39. The van der Waals surface area contributed by atoms with Crippen LogP contribution in [-0.4, -0.2) is 19.1 Å². The third-order valence-corrected chi connectivity index (χ3v) is 2.30. The van der Waals surface area contributed by atoms with Gasteiger partial charge in [-0.15, -0.1) is 12.4 Å². The number of halogens is 1. The van der Waals surface area contributed by atoms with E-state index in [4.69, 9.17) is 5.73 Å². The summed E-state index contributed by atoms with van der Waals surface area (Å²) in [7, 11) is 1.38. The molecule has 1 aromatic rings. The highest BCUT2D eigenvalue weighted by molar-refractivity contribution is 5.85. The fourth-order valence-corrected chi connectivity index (χ4v) is 1.40. The van der Waals surface area contributed by atoms with E-state index >= 15 is 0 Å². The fourth-order valence-electron chi connectivity index (χ4n) is 1.40. The summed E-state index contributed by atoms with van der Waals surface area (Å²) in [5.41, 5.74) is 7.05. The van der Waals surface area contributed by atoms with E-state index in [2.05, 4.69) is 16.9 Å². The molecule has 0 unspecified atom stereocenters. The van der Waals surface area contributed by atoms with Gasteiger partial charge in [-0.1, -0.05) is 30.3 Å².